The van der Waals surface area contributed by atoms with Crippen molar-refractivity contribution in [2.75, 3.05) is 23.7 Å². The molecule has 2 atom stereocenters. The number of nitrogens with one attached hydrogen (secondary N) is 1. The highest BCUT2D eigenvalue weighted by Crippen LogP contribution is 2.22. The van der Waals surface area contributed by atoms with Gasteiger partial charge >= 0.3 is 0 Å². The minimum absolute atomic E-state index is 0.0207. The van der Waals surface area contributed by atoms with E-state index >= 15 is 0 Å². The Kier molecular flexibility index (Phi) is 11.0. The highest BCUT2D eigenvalue weighted by atomic mass is 32.2. The van der Waals surface area contributed by atoms with Crippen LogP contribution in [0, 0.1) is 13.8 Å². The molecule has 2 rings (SSSR count). The van der Waals surface area contributed by atoms with Crippen molar-refractivity contribution in [3.8, 4) is 0 Å². The number of nitrogens with zero attached hydrogens (tertiary/aromatic N) is 2. The minimum atomic E-state index is -3.51. The highest BCUT2D eigenvalue weighted by molar-refractivity contribution is 7.92. The van der Waals surface area contributed by atoms with Crippen molar-refractivity contribution >= 4 is 27.5 Å². The summed E-state index contributed by atoms with van der Waals surface area (Å²) in [5.41, 5.74) is 3.77. The largest absolute Gasteiger partial charge is 0.352 e. The van der Waals surface area contributed by atoms with E-state index in [0.717, 1.165) is 23.1 Å². The van der Waals surface area contributed by atoms with E-state index in [-0.39, 0.29) is 30.8 Å². The van der Waals surface area contributed by atoms with Gasteiger partial charge in [0, 0.05) is 25.6 Å². The molecule has 2 aromatic carbocycles. The third-order valence-electron chi connectivity index (χ3n) is 6.58. The molecule has 0 spiro atoms. The van der Waals surface area contributed by atoms with Crippen LogP contribution in [0.15, 0.2) is 48.5 Å². The average Bonchev–Trinajstić information content (AvgIpc) is 2.83. The van der Waals surface area contributed by atoms with Crippen LogP contribution >= 0.6 is 0 Å². The van der Waals surface area contributed by atoms with E-state index in [4.69, 9.17) is 0 Å². The van der Waals surface area contributed by atoms with E-state index in [2.05, 4.69) is 5.32 Å². The van der Waals surface area contributed by atoms with Gasteiger partial charge in [-0.1, -0.05) is 43.3 Å². The molecule has 0 aliphatic carbocycles. The van der Waals surface area contributed by atoms with E-state index < -0.39 is 16.1 Å². The first-order chi connectivity index (χ1) is 16.9. The first-order valence-corrected chi connectivity index (χ1v) is 14.5. The monoisotopic (exact) mass is 515 g/mol. The van der Waals surface area contributed by atoms with E-state index in [1.54, 1.807) is 17.9 Å². The van der Waals surface area contributed by atoms with Crippen LogP contribution in [0.3, 0.4) is 0 Å². The Morgan fingerprint density at radius 1 is 0.972 bits per heavy atom. The third-order valence-corrected chi connectivity index (χ3v) is 7.78. The second kappa shape index (κ2) is 13.4. The molecule has 198 valence electrons. The van der Waals surface area contributed by atoms with Gasteiger partial charge in [0.15, 0.2) is 0 Å². The number of aryl methyl sites for hydroxylation is 2. The zero-order chi connectivity index (χ0) is 26.9. The first-order valence-electron chi connectivity index (χ1n) is 12.6. The molecular formula is C28H41N3O4S. The smallest absolute Gasteiger partial charge is 0.242 e. The molecule has 0 bridgehead atoms. The van der Waals surface area contributed by atoms with Crippen LogP contribution in [0.5, 0.6) is 0 Å². The summed E-state index contributed by atoms with van der Waals surface area (Å²) in [6.07, 6.45) is 3.10. The first kappa shape index (κ1) is 29.4. The normalized spacial score (nSPS) is 13.1. The van der Waals surface area contributed by atoms with Crippen molar-refractivity contribution in [2.45, 2.75) is 72.4 Å². The molecule has 0 aromatic heterocycles. The number of hydrogen-bond donors (Lipinski definition) is 1. The van der Waals surface area contributed by atoms with Crippen LogP contribution < -0.4 is 9.62 Å². The van der Waals surface area contributed by atoms with Crippen LogP contribution in [0.1, 0.15) is 56.7 Å². The van der Waals surface area contributed by atoms with Gasteiger partial charge in [0.05, 0.1) is 11.9 Å². The van der Waals surface area contributed by atoms with E-state index in [9.17, 15) is 18.0 Å². The molecule has 0 radical (unpaired) electrons. The molecule has 2 amide bonds. The lowest BCUT2D eigenvalue weighted by Crippen LogP contribution is -2.50. The Bertz CT molecular complexity index is 1120. The number of amides is 2. The molecule has 0 saturated carbocycles. The molecule has 0 heterocycles. The quantitative estimate of drug-likeness (QED) is 0.433. The van der Waals surface area contributed by atoms with Crippen molar-refractivity contribution in [3.05, 3.63) is 65.2 Å². The Balaban J connectivity index is 2.13. The molecule has 7 nitrogen and oxygen atoms in total. The van der Waals surface area contributed by atoms with E-state index in [1.165, 1.54) is 10.6 Å². The molecule has 0 saturated heterocycles. The lowest BCUT2D eigenvalue weighted by molar-refractivity contribution is -0.140. The van der Waals surface area contributed by atoms with Gasteiger partial charge in [-0.05, 0) is 75.8 Å². The van der Waals surface area contributed by atoms with Gasteiger partial charge in [-0.2, -0.15) is 0 Å². The van der Waals surface area contributed by atoms with Crippen molar-refractivity contribution in [2.24, 2.45) is 0 Å². The lowest BCUT2D eigenvalue weighted by Gasteiger charge is -2.30. The molecule has 0 fully saturated rings. The number of sulfonamides is 1. The van der Waals surface area contributed by atoms with Gasteiger partial charge in [-0.3, -0.25) is 13.9 Å². The van der Waals surface area contributed by atoms with Gasteiger partial charge in [-0.15, -0.1) is 0 Å². The van der Waals surface area contributed by atoms with Crippen molar-refractivity contribution in [1.29, 1.82) is 0 Å². The predicted molar refractivity (Wildman–Crippen MR) is 147 cm³/mol. The summed E-state index contributed by atoms with van der Waals surface area (Å²) >= 11 is 0. The Morgan fingerprint density at radius 2 is 1.64 bits per heavy atom. The second-order valence-electron chi connectivity index (χ2n) is 9.52. The fourth-order valence-corrected chi connectivity index (χ4v) is 4.88. The Labute approximate surface area is 216 Å². The van der Waals surface area contributed by atoms with Gasteiger partial charge < -0.3 is 10.2 Å². The molecule has 0 aliphatic rings. The summed E-state index contributed by atoms with van der Waals surface area (Å²) in [6, 6.07) is 14.8. The van der Waals surface area contributed by atoms with Crippen molar-refractivity contribution < 1.29 is 18.0 Å². The maximum atomic E-state index is 13.3. The molecule has 0 unspecified atom stereocenters. The summed E-state index contributed by atoms with van der Waals surface area (Å²) in [7, 11) is -3.51. The summed E-state index contributed by atoms with van der Waals surface area (Å²) in [4.78, 5) is 27.8. The minimum Gasteiger partial charge on any atom is -0.352 e. The second-order valence-corrected chi connectivity index (χ2v) is 11.4. The molecule has 8 heteroatoms. The SMILES string of the molecule is CC[C@@H](C)NC(=O)[C@H](C)N(CCc1ccccc1)C(=O)CCCN(c1ccc(C)c(C)c1)S(C)(=O)=O. The fourth-order valence-electron chi connectivity index (χ4n) is 3.92. The number of hydrogen-bond acceptors (Lipinski definition) is 4. The molecule has 2 aromatic rings. The van der Waals surface area contributed by atoms with Gasteiger partial charge in [0.25, 0.3) is 0 Å². The molecule has 1 N–H and O–H groups in total. The summed E-state index contributed by atoms with van der Waals surface area (Å²) < 4.78 is 26.4. The third kappa shape index (κ3) is 8.66. The van der Waals surface area contributed by atoms with E-state index in [0.29, 0.717) is 25.1 Å². The molecular weight excluding hydrogens is 474 g/mol. The standard InChI is InChI=1S/C28H41N3O4S/c1-7-23(4)29-28(33)24(5)30(19-17-25-12-9-8-10-13-25)27(32)14-11-18-31(36(6,34)35)26-16-15-21(2)22(3)20-26/h8-10,12-13,15-16,20,23-24H,7,11,14,17-19H2,1-6H3,(H,29,33)/t23-,24+/m1/s1. The Morgan fingerprint density at radius 3 is 2.22 bits per heavy atom. The van der Waals surface area contributed by atoms with Crippen molar-refractivity contribution in [3.63, 3.8) is 0 Å². The Hall–Kier alpha value is -2.87. The number of anilines is 1. The number of carbonyl (C=O) groups is 2. The highest BCUT2D eigenvalue weighted by Gasteiger charge is 2.27. The number of benzene rings is 2. The van der Waals surface area contributed by atoms with Crippen molar-refractivity contribution in [1.82, 2.24) is 10.2 Å². The number of rotatable bonds is 13. The van der Waals surface area contributed by atoms with Gasteiger partial charge in [0.1, 0.15) is 6.04 Å². The van der Waals surface area contributed by atoms with Crippen LogP contribution in [0.25, 0.3) is 0 Å². The maximum absolute atomic E-state index is 13.3. The average molecular weight is 516 g/mol. The van der Waals surface area contributed by atoms with Crippen LogP contribution in [0.4, 0.5) is 5.69 Å². The van der Waals surface area contributed by atoms with Crippen LogP contribution in [-0.2, 0) is 26.0 Å². The van der Waals surface area contributed by atoms with Gasteiger partial charge in [-0.25, -0.2) is 8.42 Å². The molecule has 36 heavy (non-hydrogen) atoms. The maximum Gasteiger partial charge on any atom is 0.242 e. The van der Waals surface area contributed by atoms with Crippen LogP contribution in [0.2, 0.25) is 0 Å². The topological polar surface area (TPSA) is 86.8 Å². The van der Waals surface area contributed by atoms with Gasteiger partial charge in [0.2, 0.25) is 21.8 Å². The summed E-state index contributed by atoms with van der Waals surface area (Å²) in [5, 5.41) is 2.97. The van der Waals surface area contributed by atoms with Crippen LogP contribution in [-0.4, -0.2) is 56.6 Å². The predicted octanol–water partition coefficient (Wildman–Crippen LogP) is 4.22. The zero-order valence-electron chi connectivity index (χ0n) is 22.5. The summed E-state index contributed by atoms with van der Waals surface area (Å²) in [5.74, 6) is -0.343. The lowest BCUT2D eigenvalue weighted by atomic mass is 10.1. The summed E-state index contributed by atoms with van der Waals surface area (Å²) in [6.45, 7) is 10.2. The molecule has 0 aliphatic heterocycles. The van der Waals surface area contributed by atoms with E-state index in [1.807, 2.05) is 70.2 Å². The fraction of sp³-hybridized carbons (Fsp3) is 0.500. The zero-order valence-corrected chi connectivity index (χ0v) is 23.3. The number of carbonyl (C=O) groups excluding carboxylic acids is 2.